The minimum Gasteiger partial charge on any atom is -0.462 e. The lowest BCUT2D eigenvalue weighted by molar-refractivity contribution is 0.0504. The van der Waals surface area contributed by atoms with E-state index in [2.05, 4.69) is 4.99 Å². The van der Waals surface area contributed by atoms with Crippen LogP contribution in [0.3, 0.4) is 0 Å². The second-order valence-electron chi connectivity index (χ2n) is 11.2. The highest BCUT2D eigenvalue weighted by molar-refractivity contribution is 7.86. The third-order valence-corrected chi connectivity index (χ3v) is 10.1. The number of aliphatic imine (C=N–C) groups is 1. The molecule has 0 unspecified atom stereocenters. The molecule has 1 aromatic rings. The molecule has 0 aliphatic rings. The van der Waals surface area contributed by atoms with Gasteiger partial charge in [-0.05, 0) is 82.7 Å². The minimum atomic E-state index is -4.33. The molecule has 0 radical (unpaired) electrons. The molecule has 0 saturated carbocycles. The van der Waals surface area contributed by atoms with Gasteiger partial charge in [0.1, 0.15) is 0 Å². The number of rotatable bonds is 23. The molecule has 17 nitrogen and oxygen atoms in total. The molecule has 0 atom stereocenters. The number of carbonyl (C=O) groups excluding carboxylic acids is 2. The van der Waals surface area contributed by atoms with Gasteiger partial charge in [-0.1, -0.05) is 18.2 Å². The SMILES string of the molecule is CC(=O)c1cc(C(=O)OCCCS(=O)(=O)O)c(C)c(N(CCCS(=O)(=O)O)/C(C)=C/C=C/C=C/C(CCCS(=O)(=O)O)=N\CCCS(=O)(=O)O)c1. The minimum absolute atomic E-state index is 0.00494. The van der Waals surface area contributed by atoms with Crippen molar-refractivity contribution in [3.63, 3.8) is 0 Å². The molecule has 0 saturated heterocycles. The quantitative estimate of drug-likeness (QED) is 0.0309. The molecular weight excluding hydrogens is 757 g/mol. The number of benzene rings is 1. The largest absolute Gasteiger partial charge is 0.462 e. The predicted molar refractivity (Wildman–Crippen MR) is 192 cm³/mol. The van der Waals surface area contributed by atoms with Crippen LogP contribution in [-0.2, 0) is 45.2 Å². The van der Waals surface area contributed by atoms with Crippen LogP contribution in [-0.4, -0.2) is 112 Å². The van der Waals surface area contributed by atoms with Crippen LogP contribution < -0.4 is 4.90 Å². The zero-order valence-electron chi connectivity index (χ0n) is 28.3. The Bertz CT molecular complexity index is 1950. The molecule has 0 aliphatic heterocycles. The summed E-state index contributed by atoms with van der Waals surface area (Å²) in [5.74, 6) is -3.54. The van der Waals surface area contributed by atoms with Crippen molar-refractivity contribution in [2.45, 2.75) is 52.9 Å². The predicted octanol–water partition coefficient (Wildman–Crippen LogP) is 3.12. The van der Waals surface area contributed by atoms with Crippen molar-refractivity contribution in [1.29, 1.82) is 0 Å². The summed E-state index contributed by atoms with van der Waals surface area (Å²) in [5.41, 5.74) is 1.65. The van der Waals surface area contributed by atoms with Gasteiger partial charge in [-0.3, -0.25) is 28.0 Å². The fraction of sp³-hybridized carbons (Fsp3) is 0.500. The Morgan fingerprint density at radius 2 is 1.31 bits per heavy atom. The Morgan fingerprint density at radius 3 is 1.88 bits per heavy atom. The van der Waals surface area contributed by atoms with Gasteiger partial charge in [-0.2, -0.15) is 33.7 Å². The Balaban J connectivity index is 3.43. The van der Waals surface area contributed by atoms with E-state index < -0.39 is 75.2 Å². The maximum atomic E-state index is 13.0. The summed E-state index contributed by atoms with van der Waals surface area (Å²) in [6.07, 6.45) is 7.80. The lowest BCUT2D eigenvalue weighted by Gasteiger charge is -2.28. The first-order chi connectivity index (χ1) is 23.4. The second-order valence-corrected chi connectivity index (χ2v) is 17.5. The number of Topliss-reactive ketones (excluding diaryl/α,β-unsaturated/α-hetero) is 1. The zero-order chi connectivity index (χ0) is 39.0. The Kier molecular flexibility index (Phi) is 18.5. The van der Waals surface area contributed by atoms with Crippen molar-refractivity contribution in [2.75, 3.05) is 47.6 Å². The molecule has 0 amide bonds. The van der Waals surface area contributed by atoms with Crippen LogP contribution in [0.1, 0.15) is 72.2 Å². The summed E-state index contributed by atoms with van der Waals surface area (Å²) >= 11 is 0. The highest BCUT2D eigenvalue weighted by Crippen LogP contribution is 2.30. The van der Waals surface area contributed by atoms with Gasteiger partial charge in [0.2, 0.25) is 0 Å². The third kappa shape index (κ3) is 21.0. The molecule has 0 heterocycles. The number of carbonyl (C=O) groups is 2. The molecule has 0 aromatic heterocycles. The average molecular weight is 801 g/mol. The van der Waals surface area contributed by atoms with Crippen LogP contribution in [0.4, 0.5) is 5.69 Å². The Hall–Kier alpha value is -3.31. The van der Waals surface area contributed by atoms with Gasteiger partial charge in [0.25, 0.3) is 40.5 Å². The van der Waals surface area contributed by atoms with E-state index in [1.807, 2.05) is 0 Å². The van der Waals surface area contributed by atoms with Crippen molar-refractivity contribution in [3.05, 3.63) is 64.9 Å². The van der Waals surface area contributed by atoms with Crippen LogP contribution in [0.15, 0.2) is 53.2 Å². The molecular formula is C30H44N2O15S4. The topological polar surface area (TPSA) is 276 Å². The van der Waals surface area contributed by atoms with E-state index in [-0.39, 0.29) is 62.9 Å². The number of allylic oxidation sites excluding steroid dienone is 6. The van der Waals surface area contributed by atoms with E-state index in [0.717, 1.165) is 0 Å². The summed E-state index contributed by atoms with van der Waals surface area (Å²) in [4.78, 5) is 31.3. The van der Waals surface area contributed by atoms with Gasteiger partial charge < -0.3 is 9.64 Å². The van der Waals surface area contributed by atoms with Crippen LogP contribution in [0.5, 0.6) is 0 Å². The van der Waals surface area contributed by atoms with Gasteiger partial charge >= 0.3 is 5.97 Å². The van der Waals surface area contributed by atoms with Crippen molar-refractivity contribution in [2.24, 2.45) is 4.99 Å². The number of hydrogen-bond donors (Lipinski definition) is 4. The van der Waals surface area contributed by atoms with Crippen molar-refractivity contribution in [1.82, 2.24) is 0 Å². The second kappa shape index (κ2) is 20.7. The smallest absolute Gasteiger partial charge is 0.338 e. The van der Waals surface area contributed by atoms with E-state index in [0.29, 0.717) is 22.7 Å². The third-order valence-electron chi connectivity index (χ3n) is 6.85. The van der Waals surface area contributed by atoms with Crippen LogP contribution >= 0.6 is 0 Å². The molecule has 1 rings (SSSR count). The van der Waals surface area contributed by atoms with Gasteiger partial charge in [0.15, 0.2) is 5.78 Å². The first-order valence-electron chi connectivity index (χ1n) is 15.3. The van der Waals surface area contributed by atoms with Gasteiger partial charge in [0.05, 0.1) is 35.2 Å². The summed E-state index contributed by atoms with van der Waals surface area (Å²) < 4.78 is 130. The highest BCUT2D eigenvalue weighted by Gasteiger charge is 2.22. The summed E-state index contributed by atoms with van der Waals surface area (Å²) in [5, 5.41) is 0. The lowest BCUT2D eigenvalue weighted by atomic mass is 9.99. The molecule has 0 bridgehead atoms. The van der Waals surface area contributed by atoms with E-state index in [1.165, 1.54) is 25.1 Å². The molecule has 0 aliphatic carbocycles. The van der Waals surface area contributed by atoms with Crippen LogP contribution in [0.2, 0.25) is 0 Å². The zero-order valence-corrected chi connectivity index (χ0v) is 31.6. The van der Waals surface area contributed by atoms with Gasteiger partial charge in [-0.25, -0.2) is 4.79 Å². The maximum Gasteiger partial charge on any atom is 0.338 e. The van der Waals surface area contributed by atoms with E-state index >= 15 is 0 Å². The summed E-state index contributed by atoms with van der Waals surface area (Å²) in [7, 11) is -17.0. The first-order valence-corrected chi connectivity index (χ1v) is 21.8. The monoisotopic (exact) mass is 800 g/mol. The van der Waals surface area contributed by atoms with Crippen LogP contribution in [0, 0.1) is 6.92 Å². The van der Waals surface area contributed by atoms with E-state index in [4.69, 9.17) is 18.4 Å². The summed E-state index contributed by atoms with van der Waals surface area (Å²) in [6, 6.07) is 2.81. The fourth-order valence-corrected chi connectivity index (χ4v) is 6.39. The molecule has 51 heavy (non-hydrogen) atoms. The number of ketones is 1. The number of hydrogen-bond acceptors (Lipinski definition) is 13. The van der Waals surface area contributed by atoms with Crippen molar-refractivity contribution in [3.8, 4) is 0 Å². The number of ether oxygens (including phenoxy) is 1. The molecule has 0 spiro atoms. The molecule has 21 heteroatoms. The molecule has 4 N–H and O–H groups in total. The maximum absolute atomic E-state index is 13.0. The van der Waals surface area contributed by atoms with Gasteiger partial charge in [0, 0.05) is 35.7 Å². The number of nitrogens with zero attached hydrogens (tertiary/aromatic N) is 2. The Labute approximate surface area is 299 Å². The highest BCUT2D eigenvalue weighted by atomic mass is 32.2. The number of anilines is 1. The molecule has 288 valence electrons. The number of esters is 1. The van der Waals surface area contributed by atoms with Gasteiger partial charge in [-0.15, -0.1) is 0 Å². The first kappa shape index (κ1) is 45.7. The average Bonchev–Trinajstić information content (AvgIpc) is 2.97. The standard InChI is InChI=1S/C30H44N2O15S4/c1-23(11-5-4-6-12-27(13-7-17-48(35,36)37)31-14-8-18-49(38,39)40)32(15-9-19-50(41,42)43)29-22-26(25(3)33)21-28(24(29)2)30(34)47-16-10-20-51(44,45)46/h4-6,11-12,21-22H,7-10,13-20H2,1-3H3,(H,35,36,37)(H,38,39,40)(H,41,42,43)(H,44,45,46)/b5-4+,12-6+,23-11+,31-27+. The molecule has 0 fully saturated rings. The normalized spacial score (nSPS) is 13.6. The van der Waals surface area contributed by atoms with Crippen LogP contribution in [0.25, 0.3) is 0 Å². The lowest BCUT2D eigenvalue weighted by Crippen LogP contribution is -2.26. The van der Waals surface area contributed by atoms with E-state index in [1.54, 1.807) is 43.1 Å². The van der Waals surface area contributed by atoms with Crippen molar-refractivity contribution < 1.29 is 66.2 Å². The fourth-order valence-electron chi connectivity index (χ4n) is 4.41. The molecule has 1 aromatic carbocycles. The van der Waals surface area contributed by atoms with E-state index in [9.17, 15) is 47.8 Å². The van der Waals surface area contributed by atoms with Crippen molar-refractivity contribution >= 4 is 63.6 Å². The Morgan fingerprint density at radius 1 is 0.765 bits per heavy atom. The summed E-state index contributed by atoms with van der Waals surface area (Å²) in [6.45, 7) is 4.17.